The fourth-order valence-electron chi connectivity index (χ4n) is 1.12. The van der Waals surface area contributed by atoms with Gasteiger partial charge in [-0.05, 0) is 25.0 Å². The fraction of sp³-hybridized carbons (Fsp3) is 0.455. The molecule has 0 aliphatic heterocycles. The van der Waals surface area contributed by atoms with Gasteiger partial charge in [0, 0.05) is 18.8 Å². The number of hydrogen-bond acceptors (Lipinski definition) is 3. The summed E-state index contributed by atoms with van der Waals surface area (Å²) in [6.07, 6.45) is 4.04. The monoisotopic (exact) mass is 226 g/mol. The van der Waals surface area contributed by atoms with E-state index in [1.165, 1.54) is 6.20 Å². The summed E-state index contributed by atoms with van der Waals surface area (Å²) >= 11 is 5.91. The first-order valence-electron chi connectivity index (χ1n) is 4.88. The zero-order valence-electron chi connectivity index (χ0n) is 8.96. The van der Waals surface area contributed by atoms with E-state index in [4.69, 9.17) is 17.3 Å². The van der Waals surface area contributed by atoms with E-state index < -0.39 is 5.54 Å². The Morgan fingerprint density at radius 2 is 2.33 bits per heavy atom. The van der Waals surface area contributed by atoms with Crippen molar-refractivity contribution in [3.63, 3.8) is 0 Å². The van der Waals surface area contributed by atoms with Crippen LogP contribution in [0.4, 0.5) is 0 Å². The highest BCUT2D eigenvalue weighted by molar-refractivity contribution is 6.31. The number of nitrogens with zero attached hydrogens (tertiary/aromatic N) is 1. The summed E-state index contributed by atoms with van der Waals surface area (Å²) in [5, 5.41) is 0.512. The van der Waals surface area contributed by atoms with E-state index in [0.29, 0.717) is 11.4 Å². The molecule has 1 aromatic rings. The molecule has 0 aliphatic rings. The molecule has 15 heavy (non-hydrogen) atoms. The van der Waals surface area contributed by atoms with E-state index in [2.05, 4.69) is 4.98 Å². The SMILES string of the molecule is CCC(C)(N)C(=O)Cc1ccncc1Cl. The maximum absolute atomic E-state index is 11.8. The molecule has 1 rings (SSSR count). The number of carbonyl (C=O) groups excluding carboxylic acids is 1. The van der Waals surface area contributed by atoms with Crippen molar-refractivity contribution in [2.75, 3.05) is 0 Å². The molecule has 1 unspecified atom stereocenters. The predicted molar refractivity (Wildman–Crippen MR) is 60.8 cm³/mol. The van der Waals surface area contributed by atoms with Crippen molar-refractivity contribution in [1.29, 1.82) is 0 Å². The molecule has 0 aliphatic carbocycles. The van der Waals surface area contributed by atoms with Crippen LogP contribution in [-0.2, 0) is 11.2 Å². The van der Waals surface area contributed by atoms with E-state index in [1.54, 1.807) is 19.2 Å². The van der Waals surface area contributed by atoms with Crippen LogP contribution >= 0.6 is 11.6 Å². The van der Waals surface area contributed by atoms with Gasteiger partial charge in [0.1, 0.15) is 0 Å². The number of pyridine rings is 1. The van der Waals surface area contributed by atoms with E-state index in [1.807, 2.05) is 6.92 Å². The Morgan fingerprint density at radius 1 is 1.67 bits per heavy atom. The predicted octanol–water partition coefficient (Wildman–Crippen LogP) is 1.97. The Bertz CT molecular complexity index is 363. The van der Waals surface area contributed by atoms with Crippen LogP contribution in [-0.4, -0.2) is 16.3 Å². The Kier molecular flexibility index (Phi) is 3.83. The van der Waals surface area contributed by atoms with Crippen molar-refractivity contribution in [3.05, 3.63) is 29.0 Å². The molecular formula is C11H15ClN2O. The highest BCUT2D eigenvalue weighted by Gasteiger charge is 2.26. The second kappa shape index (κ2) is 4.73. The van der Waals surface area contributed by atoms with E-state index in [0.717, 1.165) is 5.56 Å². The minimum Gasteiger partial charge on any atom is -0.319 e. The second-order valence-electron chi connectivity index (χ2n) is 3.84. The topological polar surface area (TPSA) is 56.0 Å². The zero-order valence-corrected chi connectivity index (χ0v) is 9.71. The first-order valence-corrected chi connectivity index (χ1v) is 5.25. The number of nitrogens with two attached hydrogens (primary N) is 1. The Morgan fingerprint density at radius 3 is 2.87 bits per heavy atom. The molecule has 0 saturated heterocycles. The molecule has 4 heteroatoms. The van der Waals surface area contributed by atoms with Crippen LogP contribution < -0.4 is 5.73 Å². The summed E-state index contributed by atoms with van der Waals surface area (Å²) in [5.74, 6) is -0.00176. The third kappa shape index (κ3) is 3.01. The minimum atomic E-state index is -0.771. The third-order valence-corrected chi connectivity index (χ3v) is 2.92. The van der Waals surface area contributed by atoms with Gasteiger partial charge in [-0.25, -0.2) is 0 Å². The quantitative estimate of drug-likeness (QED) is 0.854. The molecule has 1 aromatic heterocycles. The molecule has 1 heterocycles. The molecule has 0 spiro atoms. The van der Waals surface area contributed by atoms with E-state index in [9.17, 15) is 4.79 Å². The lowest BCUT2D eigenvalue weighted by atomic mass is 9.90. The number of halogens is 1. The average molecular weight is 227 g/mol. The molecule has 0 saturated carbocycles. The van der Waals surface area contributed by atoms with Crippen LogP contribution in [0.3, 0.4) is 0 Å². The minimum absolute atomic E-state index is 0.00176. The summed E-state index contributed by atoms with van der Waals surface area (Å²) in [6, 6.07) is 1.74. The number of ketones is 1. The molecule has 3 nitrogen and oxygen atoms in total. The van der Waals surface area contributed by atoms with Crippen LogP contribution in [0.2, 0.25) is 5.02 Å². The van der Waals surface area contributed by atoms with E-state index >= 15 is 0 Å². The van der Waals surface area contributed by atoms with Gasteiger partial charge < -0.3 is 5.73 Å². The number of hydrogen-bond donors (Lipinski definition) is 1. The van der Waals surface area contributed by atoms with Crippen molar-refractivity contribution in [1.82, 2.24) is 4.98 Å². The number of rotatable bonds is 4. The van der Waals surface area contributed by atoms with Crippen molar-refractivity contribution < 1.29 is 4.79 Å². The second-order valence-corrected chi connectivity index (χ2v) is 4.25. The van der Waals surface area contributed by atoms with Crippen LogP contribution in [0, 0.1) is 0 Å². The van der Waals surface area contributed by atoms with Gasteiger partial charge >= 0.3 is 0 Å². The lowest BCUT2D eigenvalue weighted by Crippen LogP contribution is -2.45. The molecule has 0 aromatic carbocycles. The van der Waals surface area contributed by atoms with Crippen molar-refractivity contribution in [2.24, 2.45) is 5.73 Å². The number of Topliss-reactive ketones (excluding diaryl/α,β-unsaturated/α-hetero) is 1. The largest absolute Gasteiger partial charge is 0.319 e. The molecule has 0 bridgehead atoms. The molecule has 0 amide bonds. The lowest BCUT2D eigenvalue weighted by Gasteiger charge is -2.20. The van der Waals surface area contributed by atoms with Crippen LogP contribution in [0.1, 0.15) is 25.8 Å². The maximum atomic E-state index is 11.8. The highest BCUT2D eigenvalue weighted by atomic mass is 35.5. The normalized spacial score (nSPS) is 14.7. The molecule has 2 N–H and O–H groups in total. The lowest BCUT2D eigenvalue weighted by molar-refractivity contribution is -0.123. The summed E-state index contributed by atoms with van der Waals surface area (Å²) < 4.78 is 0. The van der Waals surface area contributed by atoms with Gasteiger partial charge in [-0.2, -0.15) is 0 Å². The van der Waals surface area contributed by atoms with Crippen molar-refractivity contribution in [2.45, 2.75) is 32.2 Å². The molecule has 0 radical (unpaired) electrons. The van der Waals surface area contributed by atoms with Crippen LogP contribution in [0.15, 0.2) is 18.5 Å². The van der Waals surface area contributed by atoms with Crippen LogP contribution in [0.25, 0.3) is 0 Å². The third-order valence-electron chi connectivity index (χ3n) is 2.58. The maximum Gasteiger partial charge on any atom is 0.156 e. The first-order chi connectivity index (χ1) is 6.97. The highest BCUT2D eigenvalue weighted by Crippen LogP contribution is 2.17. The van der Waals surface area contributed by atoms with Gasteiger partial charge in [0.25, 0.3) is 0 Å². The Hall–Kier alpha value is -0.930. The molecule has 0 fully saturated rings. The smallest absolute Gasteiger partial charge is 0.156 e. The number of aromatic nitrogens is 1. The Labute approximate surface area is 94.6 Å². The average Bonchev–Trinajstić information content (AvgIpc) is 2.21. The molecule has 1 atom stereocenters. The number of carbonyl (C=O) groups is 1. The van der Waals surface area contributed by atoms with E-state index in [-0.39, 0.29) is 12.2 Å². The van der Waals surface area contributed by atoms with Gasteiger partial charge in [0.15, 0.2) is 5.78 Å². The molecular weight excluding hydrogens is 212 g/mol. The van der Waals surface area contributed by atoms with Gasteiger partial charge in [-0.3, -0.25) is 9.78 Å². The summed E-state index contributed by atoms with van der Waals surface area (Å²) in [6.45, 7) is 3.64. The van der Waals surface area contributed by atoms with Crippen LogP contribution in [0.5, 0.6) is 0 Å². The van der Waals surface area contributed by atoms with Gasteiger partial charge in [0.2, 0.25) is 0 Å². The van der Waals surface area contributed by atoms with Gasteiger partial charge in [-0.1, -0.05) is 18.5 Å². The van der Waals surface area contributed by atoms with Crippen molar-refractivity contribution >= 4 is 17.4 Å². The van der Waals surface area contributed by atoms with Gasteiger partial charge in [-0.15, -0.1) is 0 Å². The zero-order chi connectivity index (χ0) is 11.5. The first kappa shape index (κ1) is 12.1. The fourth-order valence-corrected chi connectivity index (χ4v) is 1.31. The van der Waals surface area contributed by atoms with Gasteiger partial charge in [0.05, 0.1) is 10.6 Å². The molecule has 82 valence electrons. The summed E-state index contributed by atoms with van der Waals surface area (Å²) in [7, 11) is 0. The van der Waals surface area contributed by atoms with Crippen molar-refractivity contribution in [3.8, 4) is 0 Å². The summed E-state index contributed by atoms with van der Waals surface area (Å²) in [5.41, 5.74) is 5.86. The standard InChI is InChI=1S/C11H15ClN2O/c1-3-11(2,13)10(15)6-8-4-5-14-7-9(8)12/h4-5,7H,3,6,13H2,1-2H3. The Balaban J connectivity index is 2.80. The summed E-state index contributed by atoms with van der Waals surface area (Å²) in [4.78, 5) is 15.7.